The van der Waals surface area contributed by atoms with Crippen LogP contribution in [-0.2, 0) is 11.4 Å². The number of ketones is 1. The molecule has 0 fully saturated rings. The minimum atomic E-state index is -0.477. The molecular weight excluding hydrogens is 456 g/mol. The lowest BCUT2D eigenvalue weighted by atomic mass is 9.78. The topological polar surface area (TPSA) is 98.5 Å². The van der Waals surface area contributed by atoms with Gasteiger partial charge in [0.2, 0.25) is 5.95 Å². The second-order valence-corrected chi connectivity index (χ2v) is 9.15. The van der Waals surface area contributed by atoms with Crippen molar-refractivity contribution in [3.05, 3.63) is 75.7 Å². The molecule has 174 valence electrons. The van der Waals surface area contributed by atoms with Gasteiger partial charge >= 0.3 is 0 Å². The van der Waals surface area contributed by atoms with Crippen molar-refractivity contribution in [1.82, 2.24) is 14.8 Å². The highest BCUT2D eigenvalue weighted by Crippen LogP contribution is 2.45. The summed E-state index contributed by atoms with van der Waals surface area (Å²) in [5, 5.41) is 18.1. The highest BCUT2D eigenvalue weighted by atomic mass is 35.5. The molecule has 0 saturated carbocycles. The summed E-state index contributed by atoms with van der Waals surface area (Å²) < 4.78 is 13.4. The predicted molar refractivity (Wildman–Crippen MR) is 125 cm³/mol. The van der Waals surface area contributed by atoms with E-state index in [1.807, 2.05) is 42.5 Å². The second-order valence-electron chi connectivity index (χ2n) is 8.71. The molecule has 2 unspecified atom stereocenters. The molecule has 3 aromatic rings. The van der Waals surface area contributed by atoms with Crippen molar-refractivity contribution in [3.63, 3.8) is 0 Å². The number of hydrogen-bond donors (Lipinski definition) is 2. The SMILES string of the molecule is O=C1CC(c2ccc(Cl)cc2)CC2=C1C(c1ccc3c(c1)OCCCO3)n1nc(CO)nc1N2. The molecule has 8 nitrogen and oxygen atoms in total. The molecule has 0 radical (unpaired) electrons. The maximum atomic E-state index is 13.6. The van der Waals surface area contributed by atoms with E-state index in [2.05, 4.69) is 15.4 Å². The summed E-state index contributed by atoms with van der Waals surface area (Å²) in [5.41, 5.74) is 3.42. The van der Waals surface area contributed by atoms with Gasteiger partial charge in [0.05, 0.1) is 13.2 Å². The van der Waals surface area contributed by atoms with Gasteiger partial charge in [-0.1, -0.05) is 29.8 Å². The average Bonchev–Trinajstić information content (AvgIpc) is 3.11. The van der Waals surface area contributed by atoms with Crippen LogP contribution < -0.4 is 14.8 Å². The maximum Gasteiger partial charge on any atom is 0.226 e. The molecule has 0 spiro atoms. The molecule has 0 bridgehead atoms. The predicted octanol–water partition coefficient (Wildman–Crippen LogP) is 4.00. The average molecular weight is 479 g/mol. The summed E-state index contributed by atoms with van der Waals surface area (Å²) in [6, 6.07) is 12.9. The first-order valence-corrected chi connectivity index (χ1v) is 11.7. The zero-order chi connectivity index (χ0) is 23.2. The van der Waals surface area contributed by atoms with E-state index >= 15 is 0 Å². The lowest BCUT2D eigenvalue weighted by molar-refractivity contribution is -0.116. The van der Waals surface area contributed by atoms with Gasteiger partial charge in [-0.15, -0.1) is 0 Å². The number of aliphatic hydroxyl groups excluding tert-OH is 1. The number of aromatic nitrogens is 3. The number of fused-ring (bicyclic) bond motifs is 2. The van der Waals surface area contributed by atoms with Gasteiger partial charge in [-0.2, -0.15) is 10.1 Å². The van der Waals surface area contributed by atoms with Gasteiger partial charge in [0.1, 0.15) is 12.6 Å². The Morgan fingerprint density at radius 2 is 1.82 bits per heavy atom. The first-order chi connectivity index (χ1) is 16.6. The third-order valence-corrected chi connectivity index (χ3v) is 6.79. The van der Waals surface area contributed by atoms with E-state index in [4.69, 9.17) is 21.1 Å². The van der Waals surface area contributed by atoms with Crippen LogP contribution in [0.2, 0.25) is 5.02 Å². The number of aliphatic hydroxyl groups is 1. The van der Waals surface area contributed by atoms with Gasteiger partial charge in [-0.3, -0.25) is 4.79 Å². The smallest absolute Gasteiger partial charge is 0.226 e. The molecule has 2 aliphatic heterocycles. The molecule has 3 heterocycles. The molecule has 2 N–H and O–H groups in total. The van der Waals surface area contributed by atoms with E-state index in [1.54, 1.807) is 4.68 Å². The normalized spacial score (nSPS) is 21.4. The zero-order valence-electron chi connectivity index (χ0n) is 18.3. The number of ether oxygens (including phenoxy) is 2. The van der Waals surface area contributed by atoms with Crippen LogP contribution in [-0.4, -0.2) is 38.9 Å². The van der Waals surface area contributed by atoms with Crippen molar-refractivity contribution in [2.24, 2.45) is 0 Å². The number of nitrogens with zero attached hydrogens (tertiary/aromatic N) is 3. The second kappa shape index (κ2) is 8.45. The van der Waals surface area contributed by atoms with E-state index < -0.39 is 6.04 Å². The fraction of sp³-hybridized carbons (Fsp3) is 0.320. The van der Waals surface area contributed by atoms with Crippen LogP contribution in [0.15, 0.2) is 53.7 Å². The summed E-state index contributed by atoms with van der Waals surface area (Å²) in [7, 11) is 0. The minimum Gasteiger partial charge on any atom is -0.490 e. The van der Waals surface area contributed by atoms with Gasteiger partial charge in [0.25, 0.3) is 0 Å². The number of carbonyl (C=O) groups is 1. The summed E-state index contributed by atoms with van der Waals surface area (Å²) >= 11 is 6.06. The lowest BCUT2D eigenvalue weighted by Gasteiger charge is -2.35. The Morgan fingerprint density at radius 1 is 1.06 bits per heavy atom. The van der Waals surface area contributed by atoms with Crippen LogP contribution >= 0.6 is 11.6 Å². The summed E-state index contributed by atoms with van der Waals surface area (Å²) in [6.07, 6.45) is 1.86. The third-order valence-electron chi connectivity index (χ3n) is 6.53. The van der Waals surface area contributed by atoms with Gasteiger partial charge in [-0.25, -0.2) is 4.68 Å². The molecule has 1 aromatic heterocycles. The molecule has 3 aliphatic rings. The number of hydrogen-bond acceptors (Lipinski definition) is 7. The molecule has 2 atom stereocenters. The molecule has 2 aromatic carbocycles. The Balaban J connectivity index is 1.44. The van der Waals surface area contributed by atoms with E-state index in [9.17, 15) is 9.90 Å². The van der Waals surface area contributed by atoms with Crippen LogP contribution in [0.5, 0.6) is 11.5 Å². The molecular formula is C25H23ClN4O4. The van der Waals surface area contributed by atoms with Gasteiger partial charge in [0, 0.05) is 29.1 Å². The lowest BCUT2D eigenvalue weighted by Crippen LogP contribution is -2.33. The highest BCUT2D eigenvalue weighted by Gasteiger charge is 2.40. The van der Waals surface area contributed by atoms with Gasteiger partial charge in [-0.05, 0) is 47.7 Å². The Labute approximate surface area is 201 Å². The van der Waals surface area contributed by atoms with Gasteiger partial charge in [0.15, 0.2) is 23.1 Å². The molecule has 1 aliphatic carbocycles. The highest BCUT2D eigenvalue weighted by molar-refractivity contribution is 6.30. The van der Waals surface area contributed by atoms with E-state index in [-0.39, 0.29) is 18.3 Å². The number of rotatable bonds is 3. The Morgan fingerprint density at radius 3 is 2.62 bits per heavy atom. The Bertz CT molecular complexity index is 1300. The standard InChI is InChI=1S/C25H23ClN4O4/c26-17-5-2-14(3-6-17)16-10-18-23(19(32)11-16)24(30-25(27-18)28-22(13-31)29-30)15-4-7-20-21(12-15)34-9-1-8-33-20/h2-7,12,16,24,31H,1,8-11,13H2,(H,27,28,29). The first kappa shape index (κ1) is 21.2. The summed E-state index contributed by atoms with van der Waals surface area (Å²) in [4.78, 5) is 18.0. The van der Waals surface area contributed by atoms with Crippen LogP contribution in [0.4, 0.5) is 5.95 Å². The number of benzene rings is 2. The zero-order valence-corrected chi connectivity index (χ0v) is 19.1. The number of anilines is 1. The quantitative estimate of drug-likeness (QED) is 0.587. The summed E-state index contributed by atoms with van der Waals surface area (Å²) in [5.74, 6) is 2.23. The number of Topliss-reactive ketones (excluding diaryl/α,β-unsaturated/α-hetero) is 1. The van der Waals surface area contributed by atoms with Crippen molar-refractivity contribution >= 4 is 23.3 Å². The molecule has 6 rings (SSSR count). The number of carbonyl (C=O) groups excluding carboxylic acids is 1. The van der Waals surface area contributed by atoms with E-state index in [0.717, 1.165) is 23.2 Å². The molecule has 34 heavy (non-hydrogen) atoms. The third kappa shape index (κ3) is 3.63. The van der Waals surface area contributed by atoms with Gasteiger partial charge < -0.3 is 19.9 Å². The number of allylic oxidation sites excluding steroid dienone is 2. The van der Waals surface area contributed by atoms with Crippen LogP contribution in [0.1, 0.15) is 48.2 Å². The number of nitrogens with one attached hydrogen (secondary N) is 1. The Kier molecular flexibility index (Phi) is 5.27. The molecule has 0 saturated heterocycles. The van der Waals surface area contributed by atoms with Crippen molar-refractivity contribution in [2.45, 2.75) is 37.8 Å². The van der Waals surface area contributed by atoms with Crippen molar-refractivity contribution in [1.29, 1.82) is 0 Å². The Hall–Kier alpha value is -3.36. The van der Waals surface area contributed by atoms with Crippen LogP contribution in [0.25, 0.3) is 0 Å². The van der Waals surface area contributed by atoms with Crippen LogP contribution in [0, 0.1) is 0 Å². The monoisotopic (exact) mass is 478 g/mol. The molecule has 0 amide bonds. The van der Waals surface area contributed by atoms with E-state index in [0.29, 0.717) is 59.9 Å². The fourth-order valence-corrected chi connectivity index (χ4v) is 5.08. The largest absolute Gasteiger partial charge is 0.490 e. The molecule has 9 heteroatoms. The first-order valence-electron chi connectivity index (χ1n) is 11.4. The minimum absolute atomic E-state index is 0.0345. The summed E-state index contributed by atoms with van der Waals surface area (Å²) in [6.45, 7) is 0.885. The fourth-order valence-electron chi connectivity index (χ4n) is 4.95. The van der Waals surface area contributed by atoms with E-state index in [1.165, 1.54) is 0 Å². The maximum absolute atomic E-state index is 13.6. The number of halogens is 1. The van der Waals surface area contributed by atoms with Crippen molar-refractivity contribution in [3.8, 4) is 11.5 Å². The van der Waals surface area contributed by atoms with Crippen molar-refractivity contribution in [2.75, 3.05) is 18.5 Å². The van der Waals surface area contributed by atoms with Crippen molar-refractivity contribution < 1.29 is 19.4 Å². The van der Waals surface area contributed by atoms with Crippen LogP contribution in [0.3, 0.4) is 0 Å².